The van der Waals surface area contributed by atoms with E-state index in [0.29, 0.717) is 11.5 Å². The van der Waals surface area contributed by atoms with Gasteiger partial charge in [0.25, 0.3) is 0 Å². The number of hydrogen-bond donors (Lipinski definition) is 1. The fourth-order valence-corrected chi connectivity index (χ4v) is 3.39. The summed E-state index contributed by atoms with van der Waals surface area (Å²) < 4.78 is 0. The van der Waals surface area contributed by atoms with Gasteiger partial charge in [-0.25, -0.2) is 0 Å². The van der Waals surface area contributed by atoms with Crippen LogP contribution in [0.4, 0.5) is 0 Å². The van der Waals surface area contributed by atoms with Gasteiger partial charge >= 0.3 is 0 Å². The third-order valence-corrected chi connectivity index (χ3v) is 4.57. The molecule has 1 aliphatic carbocycles. The zero-order valence-electron chi connectivity index (χ0n) is 12.1. The number of aryl methyl sites for hydroxylation is 1. The third kappa shape index (κ3) is 2.77. The molecule has 0 aromatic heterocycles. The summed E-state index contributed by atoms with van der Waals surface area (Å²) in [6.07, 6.45) is 6.64. The molecule has 1 fully saturated rings. The van der Waals surface area contributed by atoms with Crippen molar-refractivity contribution in [1.29, 1.82) is 0 Å². The van der Waals surface area contributed by atoms with Crippen LogP contribution in [0.15, 0.2) is 24.3 Å². The lowest BCUT2D eigenvalue weighted by molar-refractivity contribution is 0.226. The second-order valence-corrected chi connectivity index (χ2v) is 5.95. The van der Waals surface area contributed by atoms with Gasteiger partial charge in [-0.1, -0.05) is 57.9 Å². The van der Waals surface area contributed by atoms with Gasteiger partial charge < -0.3 is 5.32 Å². The molecule has 0 aliphatic heterocycles. The van der Waals surface area contributed by atoms with Crippen LogP contribution in [0.1, 0.15) is 63.6 Å². The summed E-state index contributed by atoms with van der Waals surface area (Å²) in [5, 5.41) is 3.72. The van der Waals surface area contributed by atoms with Gasteiger partial charge in [-0.05, 0) is 42.3 Å². The first-order valence-electron chi connectivity index (χ1n) is 7.52. The summed E-state index contributed by atoms with van der Waals surface area (Å²) in [7, 11) is 0. The highest BCUT2D eigenvalue weighted by Crippen LogP contribution is 2.47. The first kappa shape index (κ1) is 13.6. The van der Waals surface area contributed by atoms with Gasteiger partial charge in [0.2, 0.25) is 0 Å². The SMILES string of the molecule is CCNC(c1ccc(CC)cc1)C1(C)CCCC1. The minimum Gasteiger partial charge on any atom is -0.310 e. The van der Waals surface area contributed by atoms with Crippen LogP contribution in [0, 0.1) is 5.41 Å². The van der Waals surface area contributed by atoms with Crippen LogP contribution in [0.5, 0.6) is 0 Å². The van der Waals surface area contributed by atoms with Gasteiger partial charge in [-0.3, -0.25) is 0 Å². The van der Waals surface area contributed by atoms with Crippen LogP contribution in [0.25, 0.3) is 0 Å². The molecule has 0 radical (unpaired) electrons. The van der Waals surface area contributed by atoms with Gasteiger partial charge in [0.05, 0.1) is 0 Å². The Labute approximate surface area is 112 Å². The van der Waals surface area contributed by atoms with E-state index < -0.39 is 0 Å². The lowest BCUT2D eigenvalue weighted by Gasteiger charge is -2.35. The number of benzene rings is 1. The molecule has 0 spiro atoms. The topological polar surface area (TPSA) is 12.0 Å². The summed E-state index contributed by atoms with van der Waals surface area (Å²) >= 11 is 0. The average molecular weight is 245 g/mol. The molecule has 100 valence electrons. The Hall–Kier alpha value is -0.820. The Kier molecular flexibility index (Phi) is 4.45. The smallest absolute Gasteiger partial charge is 0.0374 e. The summed E-state index contributed by atoms with van der Waals surface area (Å²) in [6, 6.07) is 9.76. The highest BCUT2D eigenvalue weighted by molar-refractivity contribution is 5.26. The molecule has 2 rings (SSSR count). The Morgan fingerprint density at radius 1 is 1.11 bits per heavy atom. The Balaban J connectivity index is 2.22. The maximum atomic E-state index is 3.72. The van der Waals surface area contributed by atoms with E-state index >= 15 is 0 Å². The fraction of sp³-hybridized carbons (Fsp3) is 0.647. The van der Waals surface area contributed by atoms with Crippen LogP contribution in [0.2, 0.25) is 0 Å². The van der Waals surface area contributed by atoms with Crippen molar-refractivity contribution in [3.8, 4) is 0 Å². The molecule has 1 N–H and O–H groups in total. The number of rotatable bonds is 5. The monoisotopic (exact) mass is 245 g/mol. The standard InChI is InChI=1S/C17H27N/c1-4-14-8-10-15(11-9-14)16(18-5-2)17(3)12-6-7-13-17/h8-11,16,18H,4-7,12-13H2,1-3H3. The van der Waals surface area contributed by atoms with Crippen molar-refractivity contribution in [3.05, 3.63) is 35.4 Å². The molecule has 1 atom stereocenters. The van der Waals surface area contributed by atoms with Gasteiger partial charge in [-0.2, -0.15) is 0 Å². The molecule has 1 heteroatoms. The maximum absolute atomic E-state index is 3.72. The van der Waals surface area contributed by atoms with Crippen molar-refractivity contribution in [2.24, 2.45) is 5.41 Å². The molecule has 0 bridgehead atoms. The quantitative estimate of drug-likeness (QED) is 0.806. The zero-order valence-corrected chi connectivity index (χ0v) is 12.1. The third-order valence-electron chi connectivity index (χ3n) is 4.57. The van der Waals surface area contributed by atoms with Gasteiger partial charge in [0, 0.05) is 6.04 Å². The van der Waals surface area contributed by atoms with Crippen molar-refractivity contribution in [1.82, 2.24) is 5.32 Å². The van der Waals surface area contributed by atoms with E-state index in [9.17, 15) is 0 Å². The summed E-state index contributed by atoms with van der Waals surface area (Å²) in [6.45, 7) is 7.94. The van der Waals surface area contributed by atoms with Crippen LogP contribution < -0.4 is 5.32 Å². The van der Waals surface area contributed by atoms with E-state index in [1.165, 1.54) is 36.8 Å². The Morgan fingerprint density at radius 2 is 1.72 bits per heavy atom. The van der Waals surface area contributed by atoms with Crippen LogP contribution in [0.3, 0.4) is 0 Å². The van der Waals surface area contributed by atoms with Crippen LogP contribution in [-0.2, 0) is 6.42 Å². The normalized spacial score (nSPS) is 19.9. The van der Waals surface area contributed by atoms with Gasteiger partial charge in [-0.15, -0.1) is 0 Å². The molecule has 0 saturated heterocycles. The molecule has 1 nitrogen and oxygen atoms in total. The summed E-state index contributed by atoms with van der Waals surface area (Å²) in [4.78, 5) is 0. The predicted octanol–water partition coefficient (Wildman–Crippen LogP) is 4.48. The van der Waals surface area contributed by atoms with E-state index in [4.69, 9.17) is 0 Å². The van der Waals surface area contributed by atoms with Crippen molar-refractivity contribution in [2.75, 3.05) is 6.54 Å². The lowest BCUT2D eigenvalue weighted by Crippen LogP contribution is -2.34. The Morgan fingerprint density at radius 3 is 2.22 bits per heavy atom. The number of nitrogens with one attached hydrogen (secondary N) is 1. The van der Waals surface area contributed by atoms with Crippen LogP contribution in [-0.4, -0.2) is 6.54 Å². The first-order chi connectivity index (χ1) is 8.69. The van der Waals surface area contributed by atoms with Crippen LogP contribution >= 0.6 is 0 Å². The molecule has 1 aromatic rings. The highest BCUT2D eigenvalue weighted by Gasteiger charge is 2.37. The molecular formula is C17H27N. The van der Waals surface area contributed by atoms with Crippen molar-refractivity contribution >= 4 is 0 Å². The minimum absolute atomic E-state index is 0.448. The predicted molar refractivity (Wildman–Crippen MR) is 78.8 cm³/mol. The first-order valence-corrected chi connectivity index (χ1v) is 7.52. The van der Waals surface area contributed by atoms with Crippen molar-refractivity contribution in [3.63, 3.8) is 0 Å². The van der Waals surface area contributed by atoms with Crippen molar-refractivity contribution < 1.29 is 0 Å². The molecule has 0 heterocycles. The second-order valence-electron chi connectivity index (χ2n) is 5.95. The lowest BCUT2D eigenvalue weighted by atomic mass is 9.77. The molecule has 1 unspecified atom stereocenters. The summed E-state index contributed by atoms with van der Waals surface area (Å²) in [5.74, 6) is 0. The molecule has 1 aliphatic rings. The maximum Gasteiger partial charge on any atom is 0.0374 e. The fourth-order valence-electron chi connectivity index (χ4n) is 3.39. The van der Waals surface area contributed by atoms with E-state index in [1.54, 1.807) is 0 Å². The number of hydrogen-bond acceptors (Lipinski definition) is 1. The van der Waals surface area contributed by atoms with E-state index in [-0.39, 0.29) is 0 Å². The molecule has 18 heavy (non-hydrogen) atoms. The van der Waals surface area contributed by atoms with E-state index in [1.807, 2.05) is 0 Å². The molecule has 0 amide bonds. The zero-order chi connectivity index (χ0) is 13.0. The van der Waals surface area contributed by atoms with E-state index in [0.717, 1.165) is 13.0 Å². The van der Waals surface area contributed by atoms with E-state index in [2.05, 4.69) is 50.4 Å². The second kappa shape index (κ2) is 5.88. The average Bonchev–Trinajstić information content (AvgIpc) is 2.84. The Bertz CT molecular complexity index is 360. The van der Waals surface area contributed by atoms with Gasteiger partial charge in [0.1, 0.15) is 0 Å². The van der Waals surface area contributed by atoms with Crippen molar-refractivity contribution in [2.45, 2.75) is 58.9 Å². The highest BCUT2D eigenvalue weighted by atomic mass is 14.9. The largest absolute Gasteiger partial charge is 0.310 e. The molecule has 1 saturated carbocycles. The van der Waals surface area contributed by atoms with Gasteiger partial charge in [0.15, 0.2) is 0 Å². The molecule has 1 aromatic carbocycles. The molecular weight excluding hydrogens is 218 g/mol. The summed E-state index contributed by atoms with van der Waals surface area (Å²) in [5.41, 5.74) is 3.35. The minimum atomic E-state index is 0.448.